The Morgan fingerprint density at radius 3 is 2.73 bits per heavy atom. The van der Waals surface area contributed by atoms with Gasteiger partial charge in [-0.2, -0.15) is 13.2 Å². The van der Waals surface area contributed by atoms with Crippen LogP contribution in [0.4, 0.5) is 27.8 Å². The number of rotatable bonds is 15. The lowest BCUT2D eigenvalue weighted by Gasteiger charge is -2.21. The maximum Gasteiger partial charge on any atom is 0.418 e. The largest absolute Gasteiger partial charge is 0.477 e. The second-order valence-corrected chi connectivity index (χ2v) is 9.34. The highest BCUT2D eigenvalue weighted by Gasteiger charge is 2.36. The molecule has 2 aromatic heterocycles. The van der Waals surface area contributed by atoms with Crippen LogP contribution in [0, 0.1) is 0 Å². The summed E-state index contributed by atoms with van der Waals surface area (Å²) < 4.78 is 69.6. The van der Waals surface area contributed by atoms with Crippen LogP contribution in [0.15, 0.2) is 42.2 Å². The number of unbranched alkanes of at least 4 members (excludes halogenated alkanes) is 1. The third-order valence-corrected chi connectivity index (χ3v) is 6.27. The lowest BCUT2D eigenvalue weighted by Crippen LogP contribution is -2.33. The van der Waals surface area contributed by atoms with Gasteiger partial charge in [-0.25, -0.2) is 18.6 Å². The van der Waals surface area contributed by atoms with Gasteiger partial charge in [-0.05, 0) is 68.5 Å². The highest BCUT2D eigenvalue weighted by atomic mass is 19.4. The highest BCUT2D eigenvalue weighted by Crippen LogP contribution is 2.31. The summed E-state index contributed by atoms with van der Waals surface area (Å²) in [5.74, 6) is -2.00. The number of ether oxygens (including phenoxy) is 1. The van der Waals surface area contributed by atoms with Gasteiger partial charge < -0.3 is 20.5 Å². The van der Waals surface area contributed by atoms with Crippen molar-refractivity contribution in [2.45, 2.75) is 44.7 Å². The summed E-state index contributed by atoms with van der Waals surface area (Å²) >= 11 is 0. The quantitative estimate of drug-likeness (QED) is 0.162. The molecule has 9 nitrogen and oxygen atoms in total. The molecule has 3 heterocycles. The number of halogens is 5. The van der Waals surface area contributed by atoms with E-state index in [9.17, 15) is 36.6 Å². The summed E-state index contributed by atoms with van der Waals surface area (Å²) in [6.07, 6.45) is -1.23. The van der Waals surface area contributed by atoms with Gasteiger partial charge in [0.2, 0.25) is 0 Å². The number of nitrogens with zero attached hydrogens (tertiary/aromatic N) is 3. The molecule has 2 aromatic rings. The molecule has 0 fully saturated rings. The number of aromatic nitrogens is 2. The SMILES string of the molecule is O=C(O)/C(=C\CN(CCCCc1ccc2c(n1)NCCC2)CCOCC(F)F)NC(=O)c1ncccc1C(F)(F)F. The molecule has 1 aliphatic rings. The van der Waals surface area contributed by atoms with Crippen LogP contribution in [0.3, 0.4) is 0 Å². The van der Waals surface area contributed by atoms with E-state index in [1.807, 2.05) is 11.4 Å². The minimum Gasteiger partial charge on any atom is -0.477 e. The first-order valence-corrected chi connectivity index (χ1v) is 13.1. The summed E-state index contributed by atoms with van der Waals surface area (Å²) in [5, 5.41) is 14.8. The molecule has 3 N–H and O–H groups in total. The van der Waals surface area contributed by atoms with E-state index in [0.29, 0.717) is 25.5 Å². The summed E-state index contributed by atoms with van der Waals surface area (Å²) in [6, 6.07) is 5.73. The molecule has 0 spiro atoms. The predicted molar refractivity (Wildman–Crippen MR) is 140 cm³/mol. The van der Waals surface area contributed by atoms with Gasteiger partial charge in [-0.3, -0.25) is 14.7 Å². The number of pyridine rings is 2. The molecule has 0 radical (unpaired) electrons. The van der Waals surface area contributed by atoms with Gasteiger partial charge in [0, 0.05) is 31.5 Å². The van der Waals surface area contributed by atoms with Crippen LogP contribution in [0.5, 0.6) is 0 Å². The number of nitrogens with one attached hydrogen (secondary N) is 2. The zero-order valence-corrected chi connectivity index (χ0v) is 22.2. The molecule has 3 rings (SSSR count). The van der Waals surface area contributed by atoms with Crippen molar-refractivity contribution in [1.82, 2.24) is 20.2 Å². The van der Waals surface area contributed by atoms with Gasteiger partial charge in [0.05, 0.1) is 12.2 Å². The van der Waals surface area contributed by atoms with Crippen molar-refractivity contribution < 1.29 is 41.4 Å². The number of fused-ring (bicyclic) bond motifs is 1. The third-order valence-electron chi connectivity index (χ3n) is 6.27. The fourth-order valence-electron chi connectivity index (χ4n) is 4.22. The zero-order valence-electron chi connectivity index (χ0n) is 22.2. The number of amides is 1. The molecule has 0 atom stereocenters. The van der Waals surface area contributed by atoms with Gasteiger partial charge in [-0.1, -0.05) is 6.07 Å². The molecule has 14 heteroatoms. The Labute approximate surface area is 233 Å². The number of alkyl halides is 5. The van der Waals surface area contributed by atoms with E-state index in [1.54, 1.807) is 4.90 Å². The number of anilines is 1. The fourth-order valence-corrected chi connectivity index (χ4v) is 4.22. The number of aliphatic carboxylic acids is 1. The van der Waals surface area contributed by atoms with E-state index in [4.69, 9.17) is 4.74 Å². The molecule has 224 valence electrons. The molecule has 1 aliphatic heterocycles. The van der Waals surface area contributed by atoms with Crippen molar-refractivity contribution in [3.05, 3.63) is 64.8 Å². The Balaban J connectivity index is 1.61. The molecule has 0 saturated heterocycles. The Hall–Kier alpha value is -3.65. The van der Waals surface area contributed by atoms with Crippen molar-refractivity contribution >= 4 is 17.7 Å². The van der Waals surface area contributed by atoms with Gasteiger partial charge in [0.25, 0.3) is 12.3 Å². The summed E-state index contributed by atoms with van der Waals surface area (Å²) in [4.78, 5) is 34.1. The van der Waals surface area contributed by atoms with Gasteiger partial charge >= 0.3 is 12.1 Å². The molecule has 41 heavy (non-hydrogen) atoms. The molecule has 1 amide bonds. The minimum absolute atomic E-state index is 0.0324. The molecule has 0 aromatic carbocycles. The smallest absolute Gasteiger partial charge is 0.418 e. The molecular weight excluding hydrogens is 553 g/mol. The van der Waals surface area contributed by atoms with E-state index in [0.717, 1.165) is 55.7 Å². The van der Waals surface area contributed by atoms with E-state index in [1.165, 1.54) is 5.56 Å². The van der Waals surface area contributed by atoms with E-state index in [2.05, 4.69) is 21.4 Å². The average Bonchev–Trinajstić information content (AvgIpc) is 2.94. The van der Waals surface area contributed by atoms with Gasteiger partial charge in [-0.15, -0.1) is 0 Å². The second-order valence-electron chi connectivity index (χ2n) is 9.34. The number of hydrogen-bond donors (Lipinski definition) is 3. The minimum atomic E-state index is -4.87. The van der Waals surface area contributed by atoms with Crippen LogP contribution in [0.2, 0.25) is 0 Å². The number of hydrogen-bond acceptors (Lipinski definition) is 7. The van der Waals surface area contributed by atoms with Crippen LogP contribution in [0.1, 0.15) is 46.6 Å². The summed E-state index contributed by atoms with van der Waals surface area (Å²) in [5.41, 5.74) is -0.799. The Morgan fingerprint density at radius 1 is 1.20 bits per heavy atom. The number of carboxylic acids is 1. The average molecular weight is 586 g/mol. The number of carbonyl (C=O) groups is 2. The topological polar surface area (TPSA) is 117 Å². The van der Waals surface area contributed by atoms with Crippen LogP contribution in [-0.4, -0.2) is 77.7 Å². The Morgan fingerprint density at radius 2 is 2.00 bits per heavy atom. The van der Waals surface area contributed by atoms with Crippen molar-refractivity contribution in [2.75, 3.05) is 44.7 Å². The molecule has 0 aliphatic carbocycles. The van der Waals surface area contributed by atoms with E-state index >= 15 is 0 Å². The standard InChI is InChI=1S/C27H32F5N5O4/c28-22(29)17-41-16-15-37(13-2-1-6-19-9-8-18-5-3-12-34-24(18)35-19)14-10-21(26(39)40)36-25(38)23-20(27(30,31)32)7-4-11-33-23/h4,7-11,22H,1-3,5-6,12-17H2,(H,34,35)(H,36,38)(H,39,40)/b21-10+. The first-order valence-electron chi connectivity index (χ1n) is 13.1. The molecule has 0 unspecified atom stereocenters. The lowest BCUT2D eigenvalue weighted by atomic mass is 10.1. The van der Waals surface area contributed by atoms with Crippen molar-refractivity contribution in [3.63, 3.8) is 0 Å². The van der Waals surface area contributed by atoms with Gasteiger partial charge in [0.15, 0.2) is 0 Å². The van der Waals surface area contributed by atoms with Crippen molar-refractivity contribution in [2.24, 2.45) is 0 Å². The number of aryl methyl sites for hydroxylation is 2. The lowest BCUT2D eigenvalue weighted by molar-refractivity contribution is -0.138. The molecule has 0 bridgehead atoms. The maximum absolute atomic E-state index is 13.3. The van der Waals surface area contributed by atoms with Crippen LogP contribution in [0.25, 0.3) is 0 Å². The Bertz CT molecular complexity index is 1210. The second kappa shape index (κ2) is 15.4. The fraction of sp³-hybridized carbons (Fsp3) is 0.481. The summed E-state index contributed by atoms with van der Waals surface area (Å²) in [6.45, 7) is 0.678. The first-order chi connectivity index (χ1) is 19.5. The number of carbonyl (C=O) groups excluding carboxylic acids is 1. The maximum atomic E-state index is 13.3. The normalized spacial score (nSPS) is 13.7. The zero-order chi connectivity index (χ0) is 29.8. The van der Waals surface area contributed by atoms with Crippen LogP contribution in [-0.2, 0) is 28.5 Å². The van der Waals surface area contributed by atoms with Crippen LogP contribution < -0.4 is 10.6 Å². The monoisotopic (exact) mass is 585 g/mol. The van der Waals surface area contributed by atoms with Crippen molar-refractivity contribution in [3.8, 4) is 0 Å². The predicted octanol–water partition coefficient (Wildman–Crippen LogP) is 4.16. The highest BCUT2D eigenvalue weighted by molar-refractivity contribution is 6.00. The summed E-state index contributed by atoms with van der Waals surface area (Å²) in [7, 11) is 0. The van der Waals surface area contributed by atoms with E-state index in [-0.39, 0.29) is 19.7 Å². The van der Waals surface area contributed by atoms with Gasteiger partial charge in [0.1, 0.15) is 23.8 Å². The van der Waals surface area contributed by atoms with E-state index < -0.39 is 48.0 Å². The first kappa shape index (κ1) is 31.9. The van der Waals surface area contributed by atoms with Crippen molar-refractivity contribution in [1.29, 1.82) is 0 Å². The Kier molecular flexibility index (Phi) is 12.0. The third kappa shape index (κ3) is 10.4. The molecule has 0 saturated carbocycles. The van der Waals surface area contributed by atoms with Crippen LogP contribution >= 0.6 is 0 Å². The molecular formula is C27H32F5N5O4. The number of carboxylic acid groups (broad SMARTS) is 1.